The van der Waals surface area contributed by atoms with Gasteiger partial charge in [0.05, 0.1) is 24.4 Å². The van der Waals surface area contributed by atoms with E-state index < -0.39 is 0 Å². The summed E-state index contributed by atoms with van der Waals surface area (Å²) in [5, 5.41) is 0. The van der Waals surface area contributed by atoms with Gasteiger partial charge in [0.1, 0.15) is 12.4 Å². The van der Waals surface area contributed by atoms with Crippen molar-refractivity contribution in [2.45, 2.75) is 50.8 Å². The van der Waals surface area contributed by atoms with E-state index >= 15 is 0 Å². The van der Waals surface area contributed by atoms with Crippen molar-refractivity contribution in [2.75, 3.05) is 40.0 Å². The van der Waals surface area contributed by atoms with E-state index in [1.165, 1.54) is 6.42 Å². The van der Waals surface area contributed by atoms with E-state index in [4.69, 9.17) is 14.5 Å². The van der Waals surface area contributed by atoms with Crippen molar-refractivity contribution < 1.29 is 14.3 Å². The van der Waals surface area contributed by atoms with Crippen LogP contribution in [0.3, 0.4) is 0 Å². The third-order valence-electron chi connectivity index (χ3n) is 5.68. The summed E-state index contributed by atoms with van der Waals surface area (Å²) >= 11 is 0. The first kappa shape index (κ1) is 17.8. The number of likely N-dealkylation sites (tertiary alicyclic amines) is 1. The van der Waals surface area contributed by atoms with E-state index in [9.17, 15) is 4.79 Å². The molecule has 0 unspecified atom stereocenters. The Bertz CT molecular complexity index is 648. The van der Waals surface area contributed by atoms with Gasteiger partial charge in [-0.1, -0.05) is 0 Å². The molecule has 1 aromatic rings. The lowest BCUT2D eigenvalue weighted by atomic mass is 10.1. The van der Waals surface area contributed by atoms with Gasteiger partial charge in [-0.05, 0) is 39.3 Å². The Hall–Kier alpha value is -1.57. The fourth-order valence-corrected chi connectivity index (χ4v) is 4.09. The fraction of sp³-hybridized carbons (Fsp3) is 0.737. The van der Waals surface area contributed by atoms with Gasteiger partial charge >= 0.3 is 0 Å². The Kier molecular flexibility index (Phi) is 5.47. The van der Waals surface area contributed by atoms with Crippen molar-refractivity contribution in [3.8, 4) is 0 Å². The summed E-state index contributed by atoms with van der Waals surface area (Å²) in [4.78, 5) is 26.0. The van der Waals surface area contributed by atoms with Crippen LogP contribution >= 0.6 is 0 Å². The molecule has 2 fully saturated rings. The normalized spacial score (nSPS) is 26.3. The van der Waals surface area contributed by atoms with Crippen LogP contribution in [0, 0.1) is 0 Å². The quantitative estimate of drug-likeness (QED) is 0.789. The molecule has 4 rings (SSSR count). The molecule has 0 N–H and O–H groups in total. The molecule has 3 aliphatic heterocycles. The van der Waals surface area contributed by atoms with E-state index in [1.54, 1.807) is 0 Å². The lowest BCUT2D eigenvalue weighted by Gasteiger charge is -2.29. The SMILES string of the molecule is CN1CCC[C@H]1c1ncc2c(n1)CCN(C(=O)COC[C@H]1CCCO1)C2. The highest BCUT2D eigenvalue weighted by atomic mass is 16.5. The number of carbonyl (C=O) groups is 1. The molecule has 0 saturated carbocycles. The van der Waals surface area contributed by atoms with Crippen molar-refractivity contribution in [3.63, 3.8) is 0 Å². The Labute approximate surface area is 154 Å². The molecule has 3 aliphatic rings. The van der Waals surface area contributed by atoms with Crippen molar-refractivity contribution >= 4 is 5.91 Å². The highest BCUT2D eigenvalue weighted by molar-refractivity contribution is 5.77. The molecular weight excluding hydrogens is 332 g/mol. The Morgan fingerprint density at radius 3 is 3.04 bits per heavy atom. The van der Waals surface area contributed by atoms with Gasteiger partial charge in [-0.15, -0.1) is 0 Å². The predicted octanol–water partition coefficient (Wildman–Crippen LogP) is 1.32. The molecule has 7 heteroatoms. The highest BCUT2D eigenvalue weighted by Crippen LogP contribution is 2.29. The molecule has 0 aromatic carbocycles. The fourth-order valence-electron chi connectivity index (χ4n) is 4.09. The third-order valence-corrected chi connectivity index (χ3v) is 5.68. The van der Waals surface area contributed by atoms with Gasteiger partial charge in [-0.2, -0.15) is 0 Å². The third kappa shape index (κ3) is 3.89. The summed E-state index contributed by atoms with van der Waals surface area (Å²) in [5.41, 5.74) is 2.16. The second-order valence-electron chi connectivity index (χ2n) is 7.55. The number of aromatic nitrogens is 2. The Morgan fingerprint density at radius 2 is 2.27 bits per heavy atom. The predicted molar refractivity (Wildman–Crippen MR) is 95.6 cm³/mol. The zero-order valence-electron chi connectivity index (χ0n) is 15.5. The Balaban J connectivity index is 1.31. The van der Waals surface area contributed by atoms with E-state index in [0.717, 1.165) is 55.9 Å². The van der Waals surface area contributed by atoms with Crippen LogP contribution < -0.4 is 0 Å². The maximum atomic E-state index is 12.4. The number of carbonyl (C=O) groups excluding carboxylic acids is 1. The van der Waals surface area contributed by atoms with E-state index in [2.05, 4.69) is 16.9 Å². The smallest absolute Gasteiger partial charge is 0.248 e. The molecule has 2 saturated heterocycles. The first-order valence-corrected chi connectivity index (χ1v) is 9.73. The van der Waals surface area contributed by atoms with Crippen LogP contribution in [0.25, 0.3) is 0 Å². The highest BCUT2D eigenvalue weighted by Gasteiger charge is 2.28. The standard InChI is InChI=1S/C19H28N4O3/c1-22-7-2-5-17(22)19-20-10-14-11-23(8-6-16(14)21-19)18(24)13-25-12-15-4-3-9-26-15/h10,15,17H,2-9,11-13H2,1H3/t15-,17+/m1/s1. The lowest BCUT2D eigenvalue weighted by Crippen LogP contribution is -2.39. The largest absolute Gasteiger partial charge is 0.376 e. The topological polar surface area (TPSA) is 67.8 Å². The van der Waals surface area contributed by atoms with Crippen LogP contribution in [-0.4, -0.2) is 71.7 Å². The van der Waals surface area contributed by atoms with Gasteiger partial charge in [0.15, 0.2) is 0 Å². The number of hydrogen-bond donors (Lipinski definition) is 0. The molecule has 0 aliphatic carbocycles. The molecule has 7 nitrogen and oxygen atoms in total. The van der Waals surface area contributed by atoms with Crippen LogP contribution in [0.2, 0.25) is 0 Å². The summed E-state index contributed by atoms with van der Waals surface area (Å²) in [6.45, 7) is 3.84. The van der Waals surface area contributed by atoms with Crippen LogP contribution in [0.4, 0.5) is 0 Å². The maximum absolute atomic E-state index is 12.4. The first-order valence-electron chi connectivity index (χ1n) is 9.73. The minimum absolute atomic E-state index is 0.0354. The number of amides is 1. The van der Waals surface area contributed by atoms with E-state index in [0.29, 0.717) is 25.7 Å². The molecule has 26 heavy (non-hydrogen) atoms. The minimum Gasteiger partial charge on any atom is -0.376 e. The molecule has 0 radical (unpaired) electrons. The van der Waals surface area contributed by atoms with Gasteiger partial charge in [0, 0.05) is 37.9 Å². The number of ether oxygens (including phenoxy) is 2. The first-order chi connectivity index (χ1) is 12.7. The van der Waals surface area contributed by atoms with Crippen molar-refractivity contribution in [3.05, 3.63) is 23.3 Å². The van der Waals surface area contributed by atoms with Gasteiger partial charge in [0.25, 0.3) is 0 Å². The van der Waals surface area contributed by atoms with Gasteiger partial charge in [-0.3, -0.25) is 9.69 Å². The molecular formula is C19H28N4O3. The van der Waals surface area contributed by atoms with Crippen molar-refractivity contribution in [1.82, 2.24) is 19.8 Å². The van der Waals surface area contributed by atoms with E-state index in [1.807, 2.05) is 11.1 Å². The van der Waals surface area contributed by atoms with Crippen LogP contribution in [0.15, 0.2) is 6.20 Å². The van der Waals surface area contributed by atoms with Crippen LogP contribution in [-0.2, 0) is 27.2 Å². The summed E-state index contributed by atoms with van der Waals surface area (Å²) < 4.78 is 11.1. The summed E-state index contributed by atoms with van der Waals surface area (Å²) in [6.07, 6.45) is 7.31. The van der Waals surface area contributed by atoms with Crippen LogP contribution in [0.1, 0.15) is 48.8 Å². The monoisotopic (exact) mass is 360 g/mol. The average molecular weight is 360 g/mol. The summed E-state index contributed by atoms with van der Waals surface area (Å²) in [5.74, 6) is 0.969. The van der Waals surface area contributed by atoms with Crippen molar-refractivity contribution in [2.24, 2.45) is 0 Å². The second kappa shape index (κ2) is 7.98. The second-order valence-corrected chi connectivity index (χ2v) is 7.55. The zero-order valence-corrected chi connectivity index (χ0v) is 15.5. The van der Waals surface area contributed by atoms with E-state index in [-0.39, 0.29) is 18.6 Å². The molecule has 4 heterocycles. The molecule has 1 aromatic heterocycles. The molecule has 1 amide bonds. The lowest BCUT2D eigenvalue weighted by molar-refractivity contribution is -0.138. The summed E-state index contributed by atoms with van der Waals surface area (Å²) in [7, 11) is 2.14. The van der Waals surface area contributed by atoms with Gasteiger partial charge in [0.2, 0.25) is 5.91 Å². The molecule has 2 atom stereocenters. The minimum atomic E-state index is 0.0354. The van der Waals surface area contributed by atoms with Crippen molar-refractivity contribution in [1.29, 1.82) is 0 Å². The molecule has 0 bridgehead atoms. The summed E-state index contributed by atoms with van der Waals surface area (Å²) in [6, 6.07) is 0.339. The van der Waals surface area contributed by atoms with Gasteiger partial charge in [-0.25, -0.2) is 9.97 Å². The Morgan fingerprint density at radius 1 is 1.35 bits per heavy atom. The van der Waals surface area contributed by atoms with Gasteiger partial charge < -0.3 is 14.4 Å². The molecule has 0 spiro atoms. The number of nitrogens with zero attached hydrogens (tertiary/aromatic N) is 4. The van der Waals surface area contributed by atoms with Crippen LogP contribution in [0.5, 0.6) is 0 Å². The maximum Gasteiger partial charge on any atom is 0.248 e. The number of fused-ring (bicyclic) bond motifs is 1. The number of hydrogen-bond acceptors (Lipinski definition) is 6. The number of rotatable bonds is 5. The average Bonchev–Trinajstić information content (AvgIpc) is 3.32. The zero-order chi connectivity index (χ0) is 17.9. The molecule has 142 valence electrons.